The Hall–Kier alpha value is -2.29. The minimum atomic E-state index is -0.484. The molecule has 3 nitrogen and oxygen atoms in total. The van der Waals surface area contributed by atoms with Gasteiger partial charge >= 0.3 is 5.97 Å². The fraction of sp³-hybridized carbons (Fsp3) is 0.350. The molecule has 0 radical (unpaired) electrons. The third-order valence-electron chi connectivity index (χ3n) is 3.36. The number of aryl methyl sites for hydroxylation is 1. The molecule has 0 aliphatic rings. The molecule has 0 atom stereocenters. The van der Waals surface area contributed by atoms with E-state index in [1.807, 2.05) is 31.2 Å². The molecular weight excluding hydrogens is 288 g/mol. The first-order chi connectivity index (χ1) is 11.0. The third kappa shape index (κ3) is 6.15. The highest BCUT2D eigenvalue weighted by molar-refractivity contribution is 5.84. The molecule has 0 spiro atoms. The van der Waals surface area contributed by atoms with E-state index in [2.05, 4.69) is 20.1 Å². The van der Waals surface area contributed by atoms with Gasteiger partial charge in [-0.1, -0.05) is 44.6 Å². The Morgan fingerprint density at radius 3 is 2.52 bits per heavy atom. The quantitative estimate of drug-likeness (QED) is 0.209. The van der Waals surface area contributed by atoms with E-state index in [4.69, 9.17) is 9.47 Å². The average molecular weight is 314 g/mol. The number of unbranched alkanes of at least 4 members (excludes halogenated alkanes) is 2. The second kappa shape index (κ2) is 9.67. The second-order valence-corrected chi connectivity index (χ2v) is 5.47. The van der Waals surface area contributed by atoms with Gasteiger partial charge in [0.15, 0.2) is 0 Å². The number of carbonyl (C=O) groups excluding carboxylic acids is 1. The fourth-order valence-corrected chi connectivity index (χ4v) is 2.17. The first-order valence-corrected chi connectivity index (χ1v) is 7.90. The minimum Gasteiger partial charge on any atom is -0.496 e. The van der Waals surface area contributed by atoms with E-state index in [0.29, 0.717) is 11.5 Å². The van der Waals surface area contributed by atoms with Gasteiger partial charge in [0.05, 0.1) is 12.7 Å². The molecule has 1 aromatic rings. The van der Waals surface area contributed by atoms with Crippen molar-refractivity contribution in [2.45, 2.75) is 39.5 Å². The summed E-state index contributed by atoms with van der Waals surface area (Å²) < 4.78 is 10.9. The van der Waals surface area contributed by atoms with Crippen LogP contribution in [0.2, 0.25) is 0 Å². The van der Waals surface area contributed by atoms with Gasteiger partial charge in [-0.2, -0.15) is 0 Å². The Morgan fingerprint density at radius 2 is 1.96 bits per heavy atom. The van der Waals surface area contributed by atoms with Gasteiger partial charge in [0.2, 0.25) is 0 Å². The fourth-order valence-electron chi connectivity index (χ4n) is 2.17. The lowest BCUT2D eigenvalue weighted by Gasteiger charge is -2.13. The molecule has 1 rings (SSSR count). The van der Waals surface area contributed by atoms with Crippen LogP contribution in [0.3, 0.4) is 0 Å². The van der Waals surface area contributed by atoms with Crippen molar-refractivity contribution in [1.29, 1.82) is 0 Å². The highest BCUT2D eigenvalue weighted by atomic mass is 16.5. The molecule has 0 saturated heterocycles. The number of esters is 1. The summed E-state index contributed by atoms with van der Waals surface area (Å²) in [6, 6.07) is 3.90. The van der Waals surface area contributed by atoms with Crippen molar-refractivity contribution >= 4 is 12.0 Å². The number of ether oxygens (including phenoxy) is 2. The van der Waals surface area contributed by atoms with Crippen LogP contribution in [-0.4, -0.2) is 13.1 Å². The SMILES string of the molecule is C=CC(=O)Oc1cc(CCCCC)cc(OC)c1/C=C/C(=C)C. The largest absolute Gasteiger partial charge is 0.496 e. The minimum absolute atomic E-state index is 0.484. The molecular formula is C20H26O3. The Bertz CT molecular complexity index is 597. The Morgan fingerprint density at radius 1 is 1.26 bits per heavy atom. The zero-order valence-corrected chi connectivity index (χ0v) is 14.4. The smallest absolute Gasteiger partial charge is 0.335 e. The predicted molar refractivity (Wildman–Crippen MR) is 95.9 cm³/mol. The van der Waals surface area contributed by atoms with E-state index in [0.717, 1.165) is 42.0 Å². The van der Waals surface area contributed by atoms with E-state index in [-0.39, 0.29) is 0 Å². The monoisotopic (exact) mass is 314 g/mol. The van der Waals surface area contributed by atoms with E-state index >= 15 is 0 Å². The van der Waals surface area contributed by atoms with Crippen LogP contribution in [0.4, 0.5) is 0 Å². The molecule has 3 heteroatoms. The summed E-state index contributed by atoms with van der Waals surface area (Å²) in [6.45, 7) is 11.4. The van der Waals surface area contributed by atoms with E-state index in [1.165, 1.54) is 6.42 Å². The van der Waals surface area contributed by atoms with Crippen molar-refractivity contribution in [1.82, 2.24) is 0 Å². The molecule has 0 saturated carbocycles. The van der Waals surface area contributed by atoms with E-state index in [9.17, 15) is 4.79 Å². The number of allylic oxidation sites excluding steroid dienone is 2. The van der Waals surface area contributed by atoms with Crippen LogP contribution in [0.25, 0.3) is 6.08 Å². The van der Waals surface area contributed by atoms with Crippen molar-refractivity contribution < 1.29 is 14.3 Å². The molecule has 0 unspecified atom stereocenters. The molecule has 0 N–H and O–H groups in total. The highest BCUT2D eigenvalue weighted by Gasteiger charge is 2.13. The van der Waals surface area contributed by atoms with Crippen LogP contribution in [0.1, 0.15) is 44.2 Å². The molecule has 1 aromatic carbocycles. The molecule has 0 aliphatic carbocycles. The van der Waals surface area contributed by atoms with Crippen LogP contribution >= 0.6 is 0 Å². The zero-order chi connectivity index (χ0) is 17.2. The maximum Gasteiger partial charge on any atom is 0.335 e. The number of hydrogen-bond acceptors (Lipinski definition) is 3. The first kappa shape index (κ1) is 18.8. The maximum absolute atomic E-state index is 11.6. The molecule has 124 valence electrons. The molecule has 0 heterocycles. The average Bonchev–Trinajstić information content (AvgIpc) is 2.53. The molecule has 0 bridgehead atoms. The first-order valence-electron chi connectivity index (χ1n) is 7.90. The van der Waals surface area contributed by atoms with Crippen LogP contribution in [0, 0.1) is 0 Å². The Labute approximate surface area is 139 Å². The van der Waals surface area contributed by atoms with Gasteiger partial charge in [0.25, 0.3) is 0 Å². The molecule has 0 fully saturated rings. The van der Waals surface area contributed by atoms with Crippen molar-refractivity contribution in [2.24, 2.45) is 0 Å². The standard InChI is InChI=1S/C20H26O3/c1-6-8-9-10-16-13-18(22-5)17(12-11-15(3)4)19(14-16)23-20(21)7-2/h7,11-14H,2-3,6,8-10H2,1,4-5H3/b12-11+. The van der Waals surface area contributed by atoms with Gasteiger partial charge < -0.3 is 9.47 Å². The van der Waals surface area contributed by atoms with Gasteiger partial charge in [-0.05, 0) is 43.5 Å². The summed E-state index contributed by atoms with van der Waals surface area (Å²) in [6.07, 6.45) is 9.21. The van der Waals surface area contributed by atoms with Crippen molar-refractivity contribution in [3.63, 3.8) is 0 Å². The Kier molecular flexibility index (Phi) is 7.89. The van der Waals surface area contributed by atoms with Gasteiger partial charge in [-0.25, -0.2) is 4.79 Å². The lowest BCUT2D eigenvalue weighted by Crippen LogP contribution is -2.06. The number of benzene rings is 1. The van der Waals surface area contributed by atoms with Crippen molar-refractivity contribution in [2.75, 3.05) is 7.11 Å². The summed E-state index contributed by atoms with van der Waals surface area (Å²) in [5, 5.41) is 0. The van der Waals surface area contributed by atoms with Gasteiger partial charge in [-0.3, -0.25) is 0 Å². The van der Waals surface area contributed by atoms with Crippen LogP contribution in [0.5, 0.6) is 11.5 Å². The van der Waals surface area contributed by atoms with E-state index < -0.39 is 5.97 Å². The molecule has 0 amide bonds. The summed E-state index contributed by atoms with van der Waals surface area (Å²) >= 11 is 0. The highest BCUT2D eigenvalue weighted by Crippen LogP contribution is 2.33. The predicted octanol–water partition coefficient (Wildman–Crippen LogP) is 5.11. The summed E-state index contributed by atoms with van der Waals surface area (Å²) in [5.74, 6) is 0.685. The van der Waals surface area contributed by atoms with E-state index in [1.54, 1.807) is 7.11 Å². The molecule has 0 aliphatic heterocycles. The lowest BCUT2D eigenvalue weighted by molar-refractivity contribution is -0.128. The van der Waals surface area contributed by atoms with Gasteiger partial charge in [-0.15, -0.1) is 0 Å². The van der Waals surface area contributed by atoms with Crippen molar-refractivity contribution in [3.05, 3.63) is 54.1 Å². The summed E-state index contributed by atoms with van der Waals surface area (Å²) in [4.78, 5) is 11.6. The van der Waals surface area contributed by atoms with Gasteiger partial charge in [0.1, 0.15) is 11.5 Å². The Balaban J connectivity index is 3.25. The number of methoxy groups -OCH3 is 1. The summed E-state index contributed by atoms with van der Waals surface area (Å²) in [5.41, 5.74) is 2.72. The van der Waals surface area contributed by atoms with Crippen molar-refractivity contribution in [3.8, 4) is 11.5 Å². The van der Waals surface area contributed by atoms with Gasteiger partial charge in [0, 0.05) is 6.08 Å². The maximum atomic E-state index is 11.6. The van der Waals surface area contributed by atoms with Crippen LogP contribution in [-0.2, 0) is 11.2 Å². The number of hydrogen-bond donors (Lipinski definition) is 0. The zero-order valence-electron chi connectivity index (χ0n) is 14.4. The summed E-state index contributed by atoms with van der Waals surface area (Å²) in [7, 11) is 1.61. The molecule has 23 heavy (non-hydrogen) atoms. The number of rotatable bonds is 9. The second-order valence-electron chi connectivity index (χ2n) is 5.47. The third-order valence-corrected chi connectivity index (χ3v) is 3.36. The topological polar surface area (TPSA) is 35.5 Å². The number of carbonyl (C=O) groups is 1. The van der Waals surface area contributed by atoms with Crippen LogP contribution in [0.15, 0.2) is 43.0 Å². The molecule has 0 aromatic heterocycles. The lowest BCUT2D eigenvalue weighted by atomic mass is 10.0. The van der Waals surface area contributed by atoms with Crippen LogP contribution < -0.4 is 9.47 Å². The normalized spacial score (nSPS) is 10.6.